The molecule has 2 aromatic rings. The van der Waals surface area contributed by atoms with E-state index in [4.69, 9.17) is 19.0 Å². The second-order valence-electron chi connectivity index (χ2n) is 10.3. The second-order valence-corrected chi connectivity index (χ2v) is 10.3. The maximum atomic E-state index is 12.6. The molecule has 0 saturated carbocycles. The monoisotopic (exact) mass is 413 g/mol. The van der Waals surface area contributed by atoms with Gasteiger partial charge in [-0.3, -0.25) is 4.90 Å². The van der Waals surface area contributed by atoms with Gasteiger partial charge < -0.3 is 19.0 Å². The molecule has 162 valence electrons. The number of nitrogens with zero attached hydrogens (tertiary/aromatic N) is 2. The molecule has 0 unspecified atom stereocenters. The van der Waals surface area contributed by atoms with Gasteiger partial charge >= 0.3 is 13.2 Å². The van der Waals surface area contributed by atoms with Gasteiger partial charge in [0, 0.05) is 6.54 Å². The number of benzene rings is 1. The molecule has 0 bridgehead atoms. The van der Waals surface area contributed by atoms with Crippen molar-refractivity contribution in [1.82, 2.24) is 14.9 Å². The maximum absolute atomic E-state index is 12.6. The van der Waals surface area contributed by atoms with Crippen LogP contribution in [0.4, 0.5) is 4.79 Å². The third-order valence-electron chi connectivity index (χ3n) is 6.25. The lowest BCUT2D eigenvalue weighted by atomic mass is 9.79. The van der Waals surface area contributed by atoms with Crippen molar-refractivity contribution >= 4 is 29.7 Å². The van der Waals surface area contributed by atoms with E-state index in [1.807, 2.05) is 66.7 Å². The fourth-order valence-corrected chi connectivity index (χ4v) is 3.92. The van der Waals surface area contributed by atoms with Crippen LogP contribution < -0.4 is 5.46 Å². The summed E-state index contributed by atoms with van der Waals surface area (Å²) < 4.78 is 17.9. The number of fused-ring (bicyclic) bond motifs is 1. The highest BCUT2D eigenvalue weighted by atomic mass is 16.7. The third kappa shape index (κ3) is 3.83. The molecule has 8 heteroatoms. The standard InChI is InChI=1S/C22H32BN3O4/c1-20(2,3)28-19(27)26-12-8-9-17(26)18-24-15-11-10-14(13-16(15)25-18)23-29-21(4,5)22(6,7)30-23/h10-11,13,17H,8-9,12H2,1-7H3,(H,24,25)/t17-/m1/s1. The first kappa shape index (κ1) is 21.2. The summed E-state index contributed by atoms with van der Waals surface area (Å²) in [6.07, 6.45) is 1.51. The van der Waals surface area contributed by atoms with Gasteiger partial charge in [0.25, 0.3) is 0 Å². The van der Waals surface area contributed by atoms with Crippen LogP contribution in [-0.4, -0.2) is 51.4 Å². The summed E-state index contributed by atoms with van der Waals surface area (Å²) in [6, 6.07) is 5.89. The molecule has 0 spiro atoms. The van der Waals surface area contributed by atoms with Crippen LogP contribution in [0, 0.1) is 0 Å². The largest absolute Gasteiger partial charge is 0.494 e. The molecule has 2 aliphatic heterocycles. The van der Waals surface area contributed by atoms with E-state index >= 15 is 0 Å². The highest BCUT2D eigenvalue weighted by Crippen LogP contribution is 2.37. The quantitative estimate of drug-likeness (QED) is 0.755. The molecule has 3 heterocycles. The highest BCUT2D eigenvalue weighted by Gasteiger charge is 2.51. The van der Waals surface area contributed by atoms with Crippen molar-refractivity contribution in [2.45, 2.75) is 84.2 Å². The molecule has 1 aromatic heterocycles. The number of H-pyrrole nitrogens is 1. The average Bonchev–Trinajstić information content (AvgIpc) is 3.28. The van der Waals surface area contributed by atoms with Gasteiger partial charge in [-0.1, -0.05) is 6.07 Å². The van der Waals surface area contributed by atoms with Crippen molar-refractivity contribution in [2.24, 2.45) is 0 Å². The normalized spacial score (nSPS) is 23.4. The van der Waals surface area contributed by atoms with Crippen molar-refractivity contribution in [3.05, 3.63) is 24.0 Å². The second kappa shape index (κ2) is 6.99. The van der Waals surface area contributed by atoms with Gasteiger partial charge in [-0.25, -0.2) is 9.78 Å². The van der Waals surface area contributed by atoms with E-state index in [9.17, 15) is 4.79 Å². The summed E-state index contributed by atoms with van der Waals surface area (Å²) in [5.74, 6) is 0.791. The van der Waals surface area contributed by atoms with Gasteiger partial charge in [0.2, 0.25) is 0 Å². The lowest BCUT2D eigenvalue weighted by molar-refractivity contribution is 0.00578. The van der Waals surface area contributed by atoms with Crippen LogP contribution in [0.1, 0.15) is 73.2 Å². The molecule has 2 aliphatic rings. The summed E-state index contributed by atoms with van der Waals surface area (Å²) in [7, 11) is -0.420. The van der Waals surface area contributed by atoms with Crippen LogP contribution in [0.15, 0.2) is 18.2 Å². The number of ether oxygens (including phenoxy) is 1. The van der Waals surface area contributed by atoms with E-state index in [2.05, 4.69) is 4.98 Å². The Morgan fingerprint density at radius 2 is 1.90 bits per heavy atom. The Morgan fingerprint density at radius 3 is 2.53 bits per heavy atom. The van der Waals surface area contributed by atoms with E-state index in [1.54, 1.807) is 4.90 Å². The molecule has 4 rings (SSSR count). The molecule has 2 saturated heterocycles. The van der Waals surface area contributed by atoms with Crippen molar-refractivity contribution < 1.29 is 18.8 Å². The predicted octanol–water partition coefficient (Wildman–Crippen LogP) is 3.93. The van der Waals surface area contributed by atoms with Gasteiger partial charge in [0.05, 0.1) is 28.3 Å². The fraction of sp³-hybridized carbons (Fsp3) is 0.636. The van der Waals surface area contributed by atoms with Gasteiger partial charge in [-0.15, -0.1) is 0 Å². The summed E-state index contributed by atoms with van der Waals surface area (Å²) in [5.41, 5.74) is 1.43. The van der Waals surface area contributed by atoms with Crippen molar-refractivity contribution in [3.8, 4) is 0 Å². The average molecular weight is 413 g/mol. The Bertz CT molecular complexity index is 947. The molecule has 1 amide bonds. The van der Waals surface area contributed by atoms with E-state index in [0.717, 1.165) is 35.2 Å². The molecule has 0 aliphatic carbocycles. The first-order valence-corrected chi connectivity index (χ1v) is 10.7. The zero-order chi connectivity index (χ0) is 21.9. The molecule has 1 aromatic carbocycles. The van der Waals surface area contributed by atoms with Crippen LogP contribution >= 0.6 is 0 Å². The topological polar surface area (TPSA) is 76.7 Å². The predicted molar refractivity (Wildman–Crippen MR) is 117 cm³/mol. The minimum atomic E-state index is -0.518. The van der Waals surface area contributed by atoms with Crippen LogP contribution in [0.2, 0.25) is 0 Å². The number of aromatic nitrogens is 2. The van der Waals surface area contributed by atoms with Crippen LogP contribution in [-0.2, 0) is 14.0 Å². The third-order valence-corrected chi connectivity index (χ3v) is 6.25. The molecule has 1 N–H and O–H groups in total. The smallest absolute Gasteiger partial charge is 0.444 e. The number of nitrogens with one attached hydrogen (secondary N) is 1. The molecule has 2 fully saturated rings. The van der Waals surface area contributed by atoms with Crippen molar-refractivity contribution in [3.63, 3.8) is 0 Å². The number of carbonyl (C=O) groups excluding carboxylic acids is 1. The SMILES string of the molecule is CC(C)(C)OC(=O)N1CCC[C@@H]1c1nc2ccc(B3OC(C)(C)C(C)(C)O3)cc2[nH]1. The van der Waals surface area contributed by atoms with Crippen LogP contribution in [0.3, 0.4) is 0 Å². The number of likely N-dealkylation sites (tertiary alicyclic amines) is 1. The van der Waals surface area contributed by atoms with E-state index in [-0.39, 0.29) is 23.3 Å². The zero-order valence-corrected chi connectivity index (χ0v) is 19.0. The van der Waals surface area contributed by atoms with Gasteiger partial charge in [-0.05, 0) is 78.9 Å². The minimum absolute atomic E-state index is 0.104. The Labute approximate surface area is 178 Å². The molecule has 7 nitrogen and oxygen atoms in total. The number of rotatable bonds is 2. The van der Waals surface area contributed by atoms with Gasteiger partial charge in [0.1, 0.15) is 11.4 Å². The van der Waals surface area contributed by atoms with E-state index in [1.165, 1.54) is 0 Å². The lowest BCUT2D eigenvalue weighted by Gasteiger charge is -2.32. The van der Waals surface area contributed by atoms with E-state index in [0.29, 0.717) is 6.54 Å². The first-order valence-electron chi connectivity index (χ1n) is 10.7. The Balaban J connectivity index is 1.58. The first-order chi connectivity index (χ1) is 13.9. The van der Waals surface area contributed by atoms with Crippen LogP contribution in [0.5, 0.6) is 0 Å². The highest BCUT2D eigenvalue weighted by molar-refractivity contribution is 6.62. The number of carbonyl (C=O) groups is 1. The van der Waals surface area contributed by atoms with Crippen molar-refractivity contribution in [2.75, 3.05) is 6.54 Å². The Kier molecular flexibility index (Phi) is 4.94. The zero-order valence-electron chi connectivity index (χ0n) is 19.0. The number of imidazole rings is 1. The van der Waals surface area contributed by atoms with Crippen LogP contribution in [0.25, 0.3) is 11.0 Å². The maximum Gasteiger partial charge on any atom is 0.494 e. The minimum Gasteiger partial charge on any atom is -0.444 e. The number of hydrogen-bond donors (Lipinski definition) is 1. The molecular weight excluding hydrogens is 381 g/mol. The van der Waals surface area contributed by atoms with Gasteiger partial charge in [-0.2, -0.15) is 0 Å². The van der Waals surface area contributed by atoms with Gasteiger partial charge in [0.15, 0.2) is 0 Å². The summed E-state index contributed by atoms with van der Waals surface area (Å²) >= 11 is 0. The summed E-state index contributed by atoms with van der Waals surface area (Å²) in [4.78, 5) is 22.6. The lowest BCUT2D eigenvalue weighted by Crippen LogP contribution is -2.41. The number of aromatic amines is 1. The van der Waals surface area contributed by atoms with E-state index < -0.39 is 12.7 Å². The Morgan fingerprint density at radius 1 is 1.23 bits per heavy atom. The molecule has 30 heavy (non-hydrogen) atoms. The number of amides is 1. The van der Waals surface area contributed by atoms with Crippen molar-refractivity contribution in [1.29, 1.82) is 0 Å². The molecule has 1 atom stereocenters. The Hall–Kier alpha value is -2.06. The summed E-state index contributed by atoms with van der Waals surface area (Å²) in [6.45, 7) is 14.5. The summed E-state index contributed by atoms with van der Waals surface area (Å²) in [5, 5.41) is 0. The molecule has 0 radical (unpaired) electrons. The number of hydrogen-bond acceptors (Lipinski definition) is 5. The fourth-order valence-electron chi connectivity index (χ4n) is 3.92. The molecular formula is C22H32BN3O4.